The van der Waals surface area contributed by atoms with Crippen LogP contribution in [0.15, 0.2) is 49.3 Å². The molecule has 0 saturated carbocycles. The highest BCUT2D eigenvalue weighted by molar-refractivity contribution is 5.92. The third kappa shape index (κ3) is 8.47. The standard InChI is InChI=1S/C23H28N8O6/c24-17(6-14-8-25-11-28-14)21(34)27-10-20(33)30-18(5-13-1-3-16(32)4-2-13)22(35)31-19(23(36)37)7-15-9-26-12-29-15/h1-4,8-9,11-12,17-19,32H,5-7,10,24H2,(H,25,28)(H,26,29)(H,27,34)(H,30,33)(H,31,35)(H,36,37)/t17-,18-,19-/m0/s1. The van der Waals surface area contributed by atoms with Crippen LogP contribution in [-0.4, -0.2) is 78.5 Å². The number of amides is 3. The lowest BCUT2D eigenvalue weighted by Gasteiger charge is -2.22. The third-order valence-corrected chi connectivity index (χ3v) is 5.38. The first-order valence-corrected chi connectivity index (χ1v) is 11.3. The van der Waals surface area contributed by atoms with E-state index in [1.807, 2.05) is 0 Å². The molecule has 2 aromatic heterocycles. The Kier molecular flexibility index (Phi) is 9.32. The summed E-state index contributed by atoms with van der Waals surface area (Å²) in [5.41, 5.74) is 7.61. The first-order chi connectivity index (χ1) is 17.7. The van der Waals surface area contributed by atoms with Gasteiger partial charge in [-0.15, -0.1) is 0 Å². The molecule has 1 aromatic carbocycles. The number of aromatic nitrogens is 4. The molecule has 14 heteroatoms. The van der Waals surface area contributed by atoms with Crippen LogP contribution in [0, 0.1) is 0 Å². The highest BCUT2D eigenvalue weighted by atomic mass is 16.4. The molecule has 0 unspecified atom stereocenters. The molecular weight excluding hydrogens is 484 g/mol. The van der Waals surface area contributed by atoms with Crippen molar-refractivity contribution in [2.75, 3.05) is 6.54 Å². The van der Waals surface area contributed by atoms with Crippen molar-refractivity contribution >= 4 is 23.7 Å². The lowest BCUT2D eigenvalue weighted by Crippen LogP contribution is -2.55. The van der Waals surface area contributed by atoms with E-state index in [4.69, 9.17) is 5.73 Å². The summed E-state index contributed by atoms with van der Waals surface area (Å²) in [7, 11) is 0. The van der Waals surface area contributed by atoms with Crippen LogP contribution in [0.3, 0.4) is 0 Å². The molecule has 3 amide bonds. The van der Waals surface area contributed by atoms with Gasteiger partial charge in [-0.1, -0.05) is 12.1 Å². The molecule has 9 N–H and O–H groups in total. The van der Waals surface area contributed by atoms with E-state index in [1.165, 1.54) is 37.2 Å². The fraction of sp³-hybridized carbons (Fsp3) is 0.304. The van der Waals surface area contributed by atoms with Crippen molar-refractivity contribution in [1.29, 1.82) is 0 Å². The molecule has 196 valence electrons. The van der Waals surface area contributed by atoms with Crippen LogP contribution in [0.5, 0.6) is 5.75 Å². The molecule has 0 aliphatic rings. The van der Waals surface area contributed by atoms with Crippen molar-refractivity contribution in [3.63, 3.8) is 0 Å². The maximum Gasteiger partial charge on any atom is 0.326 e. The van der Waals surface area contributed by atoms with Gasteiger partial charge < -0.3 is 41.9 Å². The molecule has 3 aromatic rings. The molecule has 0 bridgehead atoms. The number of nitrogens with zero attached hydrogens (tertiary/aromatic N) is 2. The number of H-pyrrole nitrogens is 2. The monoisotopic (exact) mass is 512 g/mol. The van der Waals surface area contributed by atoms with Gasteiger partial charge in [0.2, 0.25) is 17.7 Å². The smallest absolute Gasteiger partial charge is 0.326 e. The van der Waals surface area contributed by atoms with Gasteiger partial charge in [-0.05, 0) is 17.7 Å². The third-order valence-electron chi connectivity index (χ3n) is 5.38. The van der Waals surface area contributed by atoms with E-state index in [9.17, 15) is 29.4 Å². The van der Waals surface area contributed by atoms with E-state index >= 15 is 0 Å². The Balaban J connectivity index is 1.63. The zero-order valence-electron chi connectivity index (χ0n) is 19.7. The summed E-state index contributed by atoms with van der Waals surface area (Å²) < 4.78 is 0. The van der Waals surface area contributed by atoms with Crippen LogP contribution in [-0.2, 0) is 38.4 Å². The maximum atomic E-state index is 13.0. The van der Waals surface area contributed by atoms with Crippen LogP contribution < -0.4 is 21.7 Å². The zero-order chi connectivity index (χ0) is 26.8. The number of carbonyl (C=O) groups excluding carboxylic acids is 3. The number of phenolic OH excluding ortho intramolecular Hbond substituents is 1. The number of nitrogens with two attached hydrogens (primary N) is 1. The van der Waals surface area contributed by atoms with Crippen molar-refractivity contribution in [2.24, 2.45) is 5.73 Å². The van der Waals surface area contributed by atoms with Crippen molar-refractivity contribution in [1.82, 2.24) is 35.9 Å². The van der Waals surface area contributed by atoms with Gasteiger partial charge in [0.1, 0.15) is 17.8 Å². The number of carboxylic acids is 1. The summed E-state index contributed by atoms with van der Waals surface area (Å²) in [5.74, 6) is -3.24. The number of phenols is 1. The molecule has 3 rings (SSSR count). The van der Waals surface area contributed by atoms with E-state index in [0.29, 0.717) is 17.0 Å². The molecule has 3 atom stereocenters. The highest BCUT2D eigenvalue weighted by Gasteiger charge is 2.28. The van der Waals surface area contributed by atoms with E-state index in [0.717, 1.165) is 0 Å². The Bertz CT molecular complexity index is 1180. The maximum absolute atomic E-state index is 13.0. The molecular formula is C23H28N8O6. The number of imidazole rings is 2. The minimum absolute atomic E-state index is 0.00152. The number of aliphatic carboxylic acids is 1. The topological polar surface area (TPSA) is 228 Å². The first kappa shape index (κ1) is 26.9. The van der Waals surface area contributed by atoms with Crippen molar-refractivity contribution in [2.45, 2.75) is 37.4 Å². The Labute approximate surface area is 211 Å². The molecule has 0 spiro atoms. The van der Waals surface area contributed by atoms with Crippen molar-refractivity contribution < 1.29 is 29.4 Å². The molecule has 0 radical (unpaired) electrons. The minimum Gasteiger partial charge on any atom is -0.508 e. The Hall–Kier alpha value is -4.72. The van der Waals surface area contributed by atoms with E-state index in [1.54, 1.807) is 12.1 Å². The zero-order valence-corrected chi connectivity index (χ0v) is 19.7. The van der Waals surface area contributed by atoms with Gasteiger partial charge in [0, 0.05) is 43.0 Å². The average molecular weight is 513 g/mol. The van der Waals surface area contributed by atoms with Gasteiger partial charge in [0.15, 0.2) is 0 Å². The number of hydrogen-bond acceptors (Lipinski definition) is 8. The number of rotatable bonds is 13. The summed E-state index contributed by atoms with van der Waals surface area (Å²) in [6, 6.07) is 2.60. The normalized spacial score (nSPS) is 13.2. The summed E-state index contributed by atoms with van der Waals surface area (Å²) in [6.07, 6.45) is 5.95. The van der Waals surface area contributed by atoms with Gasteiger partial charge >= 0.3 is 5.97 Å². The van der Waals surface area contributed by atoms with E-state index in [2.05, 4.69) is 35.9 Å². The minimum atomic E-state index is -1.28. The van der Waals surface area contributed by atoms with Crippen molar-refractivity contribution in [3.05, 3.63) is 66.3 Å². The second kappa shape index (κ2) is 12.8. The van der Waals surface area contributed by atoms with Gasteiger partial charge in [0.05, 0.1) is 25.2 Å². The second-order valence-electron chi connectivity index (χ2n) is 8.28. The molecule has 37 heavy (non-hydrogen) atoms. The molecule has 0 saturated heterocycles. The molecule has 2 heterocycles. The number of benzene rings is 1. The summed E-state index contributed by atoms with van der Waals surface area (Å²) >= 11 is 0. The fourth-order valence-corrected chi connectivity index (χ4v) is 3.44. The molecule has 14 nitrogen and oxygen atoms in total. The quantitative estimate of drug-likeness (QED) is 0.131. The predicted octanol–water partition coefficient (Wildman–Crippen LogP) is -1.64. The van der Waals surface area contributed by atoms with Crippen molar-refractivity contribution in [3.8, 4) is 5.75 Å². The SMILES string of the molecule is N[C@@H](Cc1cnc[nH]1)C(=O)NCC(=O)N[C@@H](Cc1ccc(O)cc1)C(=O)N[C@@H](Cc1cnc[nH]1)C(=O)O. The summed E-state index contributed by atoms with van der Waals surface area (Å²) in [5, 5.41) is 26.5. The molecule has 0 aliphatic carbocycles. The van der Waals surface area contributed by atoms with E-state index in [-0.39, 0.29) is 25.0 Å². The number of aromatic amines is 2. The van der Waals surface area contributed by atoms with Crippen LogP contribution in [0.1, 0.15) is 17.0 Å². The number of aromatic hydroxyl groups is 1. The number of carbonyl (C=O) groups is 4. The fourth-order valence-electron chi connectivity index (χ4n) is 3.44. The lowest BCUT2D eigenvalue weighted by molar-refractivity contribution is -0.142. The van der Waals surface area contributed by atoms with Crippen LogP contribution in [0.25, 0.3) is 0 Å². The Morgan fingerprint density at radius 1 is 0.865 bits per heavy atom. The first-order valence-electron chi connectivity index (χ1n) is 11.3. The second-order valence-corrected chi connectivity index (χ2v) is 8.28. The van der Waals surface area contributed by atoms with Gasteiger partial charge in [-0.3, -0.25) is 14.4 Å². The predicted molar refractivity (Wildman–Crippen MR) is 129 cm³/mol. The highest BCUT2D eigenvalue weighted by Crippen LogP contribution is 2.12. The van der Waals surface area contributed by atoms with E-state index < -0.39 is 48.4 Å². The number of nitrogens with one attached hydrogen (secondary N) is 5. The average Bonchev–Trinajstić information content (AvgIpc) is 3.57. The van der Waals surface area contributed by atoms with Gasteiger partial charge in [0.25, 0.3) is 0 Å². The van der Waals surface area contributed by atoms with Gasteiger partial charge in [-0.25, -0.2) is 14.8 Å². The summed E-state index contributed by atoms with van der Waals surface area (Å²) in [4.78, 5) is 62.9. The lowest BCUT2D eigenvalue weighted by atomic mass is 10.0. The largest absolute Gasteiger partial charge is 0.508 e. The molecule has 0 aliphatic heterocycles. The number of hydrogen-bond donors (Lipinski definition) is 8. The van der Waals surface area contributed by atoms with Crippen LogP contribution in [0.4, 0.5) is 0 Å². The molecule has 0 fully saturated rings. The summed E-state index contributed by atoms with van der Waals surface area (Å²) in [6.45, 7) is -0.453. The van der Waals surface area contributed by atoms with Crippen LogP contribution >= 0.6 is 0 Å². The Morgan fingerprint density at radius 2 is 1.49 bits per heavy atom. The van der Waals surface area contributed by atoms with Gasteiger partial charge in [-0.2, -0.15) is 0 Å². The van der Waals surface area contributed by atoms with Crippen LogP contribution in [0.2, 0.25) is 0 Å². The Morgan fingerprint density at radius 3 is 2.05 bits per heavy atom. The number of carboxylic acid groups (broad SMARTS) is 1.